The lowest BCUT2D eigenvalue weighted by molar-refractivity contribution is -0.149. The highest BCUT2D eigenvalue weighted by molar-refractivity contribution is 5.72. The van der Waals surface area contributed by atoms with Crippen molar-refractivity contribution in [3.05, 3.63) is 0 Å². The Kier molecular flexibility index (Phi) is 3.62. The quantitative estimate of drug-likeness (QED) is 0.576. The summed E-state index contributed by atoms with van der Waals surface area (Å²) in [7, 11) is 0. The van der Waals surface area contributed by atoms with E-state index in [1.165, 1.54) is 0 Å². The summed E-state index contributed by atoms with van der Waals surface area (Å²) in [5.41, 5.74) is 0. The highest BCUT2D eigenvalue weighted by atomic mass is 19.1. The van der Waals surface area contributed by atoms with E-state index in [0.717, 1.165) is 13.0 Å². The van der Waals surface area contributed by atoms with Gasteiger partial charge in [-0.15, -0.1) is 0 Å². The normalized spacial score (nSPS) is 28.0. The van der Waals surface area contributed by atoms with Crippen molar-refractivity contribution in [2.24, 2.45) is 5.92 Å². The number of carbonyl (C=O) groups is 1. The number of carboxylic acids is 1. The van der Waals surface area contributed by atoms with E-state index >= 15 is 0 Å². The number of halogens is 1. The van der Waals surface area contributed by atoms with E-state index in [9.17, 15) is 14.3 Å². The van der Waals surface area contributed by atoms with Gasteiger partial charge >= 0.3 is 5.97 Å². The fourth-order valence-corrected chi connectivity index (χ4v) is 1.56. The van der Waals surface area contributed by atoms with E-state index in [-0.39, 0.29) is 5.92 Å². The molecular weight excluding hydrogens is 177 g/mol. The summed E-state index contributed by atoms with van der Waals surface area (Å²) in [5.74, 6) is -1.86. The van der Waals surface area contributed by atoms with Crippen LogP contribution in [-0.4, -0.2) is 41.5 Å². The molecule has 0 saturated carbocycles. The summed E-state index contributed by atoms with van der Waals surface area (Å²) in [6.07, 6.45) is -2.01. The summed E-state index contributed by atoms with van der Waals surface area (Å²) in [4.78, 5) is 10.2. The molecule has 3 unspecified atom stereocenters. The Morgan fingerprint density at radius 1 is 1.62 bits per heavy atom. The molecule has 1 rings (SSSR count). The predicted molar refractivity (Wildman–Crippen MR) is 44.1 cm³/mol. The van der Waals surface area contributed by atoms with E-state index in [1.54, 1.807) is 0 Å². The molecule has 1 heterocycles. The topological polar surface area (TPSA) is 69.6 Å². The Hall–Kier alpha value is -0.680. The Bertz CT molecular complexity index is 182. The molecular formula is C8H14FNO3. The molecule has 1 fully saturated rings. The molecule has 0 amide bonds. The first-order valence-electron chi connectivity index (χ1n) is 4.38. The third kappa shape index (κ3) is 2.63. The minimum atomic E-state index is -2.16. The van der Waals surface area contributed by atoms with Crippen LogP contribution in [0.4, 0.5) is 4.39 Å². The van der Waals surface area contributed by atoms with E-state index in [0.29, 0.717) is 13.0 Å². The zero-order chi connectivity index (χ0) is 9.84. The Balaban J connectivity index is 2.44. The standard InChI is InChI=1S/C8H14FNO3/c9-6(8(12)13)7(11)5-2-1-3-10-4-5/h5-7,10-11H,1-4H2,(H,12,13). The van der Waals surface area contributed by atoms with Crippen molar-refractivity contribution in [3.8, 4) is 0 Å². The molecule has 0 aromatic rings. The Labute approximate surface area is 75.8 Å². The zero-order valence-corrected chi connectivity index (χ0v) is 7.24. The first kappa shape index (κ1) is 10.4. The number of hydrogen-bond donors (Lipinski definition) is 3. The molecule has 3 N–H and O–H groups in total. The Morgan fingerprint density at radius 2 is 2.31 bits per heavy atom. The first-order chi connectivity index (χ1) is 6.13. The number of nitrogens with one attached hydrogen (secondary N) is 1. The number of rotatable bonds is 3. The third-order valence-corrected chi connectivity index (χ3v) is 2.35. The van der Waals surface area contributed by atoms with Crippen LogP contribution in [0.2, 0.25) is 0 Å². The molecule has 1 aliphatic heterocycles. The molecule has 1 aliphatic rings. The van der Waals surface area contributed by atoms with Crippen molar-refractivity contribution in [3.63, 3.8) is 0 Å². The largest absolute Gasteiger partial charge is 0.479 e. The van der Waals surface area contributed by atoms with Gasteiger partial charge in [0.25, 0.3) is 0 Å². The highest BCUT2D eigenvalue weighted by Gasteiger charge is 2.33. The van der Waals surface area contributed by atoms with Crippen LogP contribution in [0.1, 0.15) is 12.8 Å². The number of hydrogen-bond acceptors (Lipinski definition) is 3. The third-order valence-electron chi connectivity index (χ3n) is 2.35. The molecule has 3 atom stereocenters. The Morgan fingerprint density at radius 3 is 2.77 bits per heavy atom. The zero-order valence-electron chi connectivity index (χ0n) is 7.24. The number of aliphatic hydroxyl groups excluding tert-OH is 1. The predicted octanol–water partition coefficient (Wildman–Crippen LogP) is -0.230. The molecule has 13 heavy (non-hydrogen) atoms. The van der Waals surface area contributed by atoms with Gasteiger partial charge < -0.3 is 15.5 Å². The van der Waals surface area contributed by atoms with Gasteiger partial charge in [0, 0.05) is 12.5 Å². The van der Waals surface area contributed by atoms with E-state index in [2.05, 4.69) is 5.32 Å². The maximum Gasteiger partial charge on any atom is 0.341 e. The smallest absolute Gasteiger partial charge is 0.341 e. The van der Waals surface area contributed by atoms with Crippen LogP contribution in [0.3, 0.4) is 0 Å². The van der Waals surface area contributed by atoms with Crippen LogP contribution in [0.15, 0.2) is 0 Å². The van der Waals surface area contributed by atoms with Crippen molar-refractivity contribution in [1.82, 2.24) is 5.32 Å². The van der Waals surface area contributed by atoms with Crippen LogP contribution >= 0.6 is 0 Å². The van der Waals surface area contributed by atoms with Crippen molar-refractivity contribution >= 4 is 5.97 Å². The fourth-order valence-electron chi connectivity index (χ4n) is 1.56. The summed E-state index contributed by atoms with van der Waals surface area (Å²) >= 11 is 0. The van der Waals surface area contributed by atoms with Crippen LogP contribution < -0.4 is 5.32 Å². The maximum atomic E-state index is 12.8. The molecule has 0 aromatic carbocycles. The van der Waals surface area contributed by atoms with Crippen LogP contribution in [0.5, 0.6) is 0 Å². The molecule has 0 spiro atoms. The lowest BCUT2D eigenvalue weighted by Gasteiger charge is -2.27. The van der Waals surface area contributed by atoms with Crippen molar-refractivity contribution < 1.29 is 19.4 Å². The van der Waals surface area contributed by atoms with E-state index in [1.807, 2.05) is 0 Å². The van der Waals surface area contributed by atoms with Crippen molar-refractivity contribution in [2.45, 2.75) is 25.1 Å². The van der Waals surface area contributed by atoms with Gasteiger partial charge in [-0.2, -0.15) is 0 Å². The molecule has 0 aromatic heterocycles. The van der Waals surface area contributed by atoms with Gasteiger partial charge in [-0.25, -0.2) is 9.18 Å². The van der Waals surface area contributed by atoms with Gasteiger partial charge in [-0.05, 0) is 19.4 Å². The molecule has 76 valence electrons. The van der Waals surface area contributed by atoms with Gasteiger partial charge in [0.05, 0.1) is 0 Å². The SMILES string of the molecule is O=C(O)C(F)C(O)C1CCCNC1. The summed E-state index contributed by atoms with van der Waals surface area (Å²) in [6.45, 7) is 1.35. The summed E-state index contributed by atoms with van der Waals surface area (Å²) < 4.78 is 12.8. The summed E-state index contributed by atoms with van der Waals surface area (Å²) in [5, 5.41) is 20.6. The number of aliphatic carboxylic acids is 1. The first-order valence-corrected chi connectivity index (χ1v) is 4.38. The molecule has 0 radical (unpaired) electrons. The van der Waals surface area contributed by atoms with Gasteiger partial charge in [-0.1, -0.05) is 0 Å². The molecule has 0 bridgehead atoms. The van der Waals surface area contributed by atoms with Crippen molar-refractivity contribution in [1.29, 1.82) is 0 Å². The monoisotopic (exact) mass is 191 g/mol. The minimum Gasteiger partial charge on any atom is -0.479 e. The number of aliphatic hydroxyl groups is 1. The minimum absolute atomic E-state index is 0.278. The second kappa shape index (κ2) is 4.53. The van der Waals surface area contributed by atoms with Gasteiger partial charge in [0.1, 0.15) is 6.10 Å². The van der Waals surface area contributed by atoms with Gasteiger partial charge in [0.2, 0.25) is 6.17 Å². The highest BCUT2D eigenvalue weighted by Crippen LogP contribution is 2.18. The number of alkyl halides is 1. The van der Waals surface area contributed by atoms with Crippen LogP contribution in [-0.2, 0) is 4.79 Å². The summed E-state index contributed by atoms with van der Waals surface area (Å²) in [6, 6.07) is 0. The van der Waals surface area contributed by atoms with Gasteiger partial charge in [-0.3, -0.25) is 0 Å². The van der Waals surface area contributed by atoms with Crippen LogP contribution in [0, 0.1) is 5.92 Å². The average Bonchev–Trinajstić information content (AvgIpc) is 2.17. The lowest BCUT2D eigenvalue weighted by Crippen LogP contribution is -2.43. The fraction of sp³-hybridized carbons (Fsp3) is 0.875. The average molecular weight is 191 g/mol. The van der Waals surface area contributed by atoms with Crippen LogP contribution in [0.25, 0.3) is 0 Å². The van der Waals surface area contributed by atoms with E-state index in [4.69, 9.17) is 5.11 Å². The molecule has 0 aliphatic carbocycles. The maximum absolute atomic E-state index is 12.8. The molecule has 1 saturated heterocycles. The van der Waals surface area contributed by atoms with Gasteiger partial charge in [0.15, 0.2) is 0 Å². The second-order valence-electron chi connectivity index (χ2n) is 3.34. The number of carboxylic acid groups (broad SMARTS) is 1. The number of piperidine rings is 1. The second-order valence-corrected chi connectivity index (χ2v) is 3.34. The molecule has 5 heteroatoms. The van der Waals surface area contributed by atoms with E-state index < -0.39 is 18.2 Å². The lowest BCUT2D eigenvalue weighted by atomic mass is 9.91. The van der Waals surface area contributed by atoms with Crippen molar-refractivity contribution in [2.75, 3.05) is 13.1 Å². The molecule has 4 nitrogen and oxygen atoms in total.